The van der Waals surface area contributed by atoms with E-state index in [1.165, 1.54) is 18.4 Å². The first kappa shape index (κ1) is 15.3. The molecule has 0 spiro atoms. The van der Waals surface area contributed by atoms with E-state index in [0.29, 0.717) is 0 Å². The molecule has 0 N–H and O–H groups in total. The summed E-state index contributed by atoms with van der Waals surface area (Å²) in [6.45, 7) is 12.0. The summed E-state index contributed by atoms with van der Waals surface area (Å²) in [7, 11) is 0. The third-order valence-corrected chi connectivity index (χ3v) is 5.53. The molecule has 0 bridgehead atoms. The highest BCUT2D eigenvalue weighted by atomic mass is 14.5. The van der Waals surface area contributed by atoms with E-state index in [0.717, 1.165) is 0 Å². The van der Waals surface area contributed by atoms with Gasteiger partial charge in [-0.1, -0.05) is 89.2 Å². The average Bonchev–Trinajstić information content (AvgIpc) is 2.66. The fourth-order valence-corrected chi connectivity index (χ4v) is 4.89. The molecule has 0 aliphatic heterocycles. The van der Waals surface area contributed by atoms with E-state index in [1.54, 1.807) is 11.1 Å². The van der Waals surface area contributed by atoms with Crippen LogP contribution < -0.4 is 0 Å². The second kappa shape index (κ2) is 4.98. The molecule has 0 radical (unpaired) electrons. The maximum absolute atomic E-state index is 2.46. The van der Waals surface area contributed by atoms with Crippen LogP contribution in [0.25, 0.3) is 0 Å². The fraction of sp³-hybridized carbons (Fsp3) is 0.455. The number of hydrogen-bond acceptors (Lipinski definition) is 0. The molecule has 116 valence electrons. The van der Waals surface area contributed by atoms with Crippen molar-refractivity contribution < 1.29 is 0 Å². The molecule has 1 aliphatic rings. The van der Waals surface area contributed by atoms with Crippen molar-refractivity contribution in [3.63, 3.8) is 0 Å². The summed E-state index contributed by atoms with van der Waals surface area (Å²) in [5.41, 5.74) is 5.25. The first-order valence-electron chi connectivity index (χ1n) is 8.40. The lowest BCUT2D eigenvalue weighted by atomic mass is 9.67. The van der Waals surface area contributed by atoms with Crippen LogP contribution in [0.5, 0.6) is 0 Å². The monoisotopic (exact) mass is 292 g/mol. The van der Waals surface area contributed by atoms with Gasteiger partial charge in [0.2, 0.25) is 0 Å². The van der Waals surface area contributed by atoms with Gasteiger partial charge in [-0.15, -0.1) is 0 Å². The van der Waals surface area contributed by atoms with Crippen LogP contribution in [0.2, 0.25) is 0 Å². The van der Waals surface area contributed by atoms with Gasteiger partial charge in [-0.3, -0.25) is 0 Å². The van der Waals surface area contributed by atoms with Gasteiger partial charge < -0.3 is 0 Å². The lowest BCUT2D eigenvalue weighted by Crippen LogP contribution is -2.31. The van der Waals surface area contributed by atoms with Gasteiger partial charge in [0.25, 0.3) is 0 Å². The standard InChI is InChI=1S/C22H28/c1-20(2,17-11-7-6-8-12-17)15-22(5)16-21(3,4)18-13-9-10-14-19(18)22/h6-14H,15-16H2,1-5H3. The molecule has 22 heavy (non-hydrogen) atoms. The third-order valence-electron chi connectivity index (χ3n) is 5.53. The molecular weight excluding hydrogens is 264 g/mol. The number of benzene rings is 2. The van der Waals surface area contributed by atoms with Crippen LogP contribution in [-0.2, 0) is 16.2 Å². The van der Waals surface area contributed by atoms with Crippen molar-refractivity contribution in [1.82, 2.24) is 0 Å². The Kier molecular flexibility index (Phi) is 3.47. The van der Waals surface area contributed by atoms with Crippen LogP contribution in [0.1, 0.15) is 64.2 Å². The van der Waals surface area contributed by atoms with Gasteiger partial charge >= 0.3 is 0 Å². The predicted molar refractivity (Wildman–Crippen MR) is 95.5 cm³/mol. The minimum Gasteiger partial charge on any atom is -0.0622 e. The minimum absolute atomic E-state index is 0.184. The summed E-state index contributed by atoms with van der Waals surface area (Å²) < 4.78 is 0. The molecule has 0 amide bonds. The van der Waals surface area contributed by atoms with Crippen LogP contribution in [-0.4, -0.2) is 0 Å². The largest absolute Gasteiger partial charge is 0.0622 e. The Bertz CT molecular complexity index is 663. The molecule has 0 nitrogen and oxygen atoms in total. The zero-order valence-corrected chi connectivity index (χ0v) is 14.6. The molecule has 0 saturated heterocycles. The highest BCUT2D eigenvalue weighted by Crippen LogP contribution is 2.53. The number of fused-ring (bicyclic) bond motifs is 1. The van der Waals surface area contributed by atoms with Crippen LogP contribution in [0, 0.1) is 0 Å². The van der Waals surface area contributed by atoms with E-state index in [-0.39, 0.29) is 16.2 Å². The van der Waals surface area contributed by atoms with Gasteiger partial charge in [0.15, 0.2) is 0 Å². The fourth-order valence-electron chi connectivity index (χ4n) is 4.89. The van der Waals surface area contributed by atoms with E-state index in [9.17, 15) is 0 Å². The van der Waals surface area contributed by atoms with Crippen molar-refractivity contribution in [3.8, 4) is 0 Å². The molecular formula is C22H28. The Morgan fingerprint density at radius 1 is 0.818 bits per heavy atom. The Hall–Kier alpha value is -1.56. The quantitative estimate of drug-likeness (QED) is 0.651. The first-order valence-corrected chi connectivity index (χ1v) is 8.40. The average molecular weight is 292 g/mol. The second-order valence-electron chi connectivity index (χ2n) is 8.59. The molecule has 0 aromatic heterocycles. The highest BCUT2D eigenvalue weighted by Gasteiger charge is 2.46. The topological polar surface area (TPSA) is 0 Å². The zero-order valence-electron chi connectivity index (χ0n) is 14.6. The van der Waals surface area contributed by atoms with Crippen molar-refractivity contribution in [1.29, 1.82) is 0 Å². The normalized spacial score (nSPS) is 23.3. The molecule has 0 heteroatoms. The number of rotatable bonds is 3. The lowest BCUT2D eigenvalue weighted by molar-refractivity contribution is 0.289. The van der Waals surface area contributed by atoms with Gasteiger partial charge in [0, 0.05) is 0 Å². The molecule has 1 atom stereocenters. The molecule has 3 rings (SSSR count). The zero-order chi connectivity index (χ0) is 16.0. The maximum atomic E-state index is 2.46. The Morgan fingerprint density at radius 3 is 2.00 bits per heavy atom. The van der Waals surface area contributed by atoms with Crippen molar-refractivity contribution >= 4 is 0 Å². The molecule has 0 saturated carbocycles. The minimum atomic E-state index is 0.184. The Balaban J connectivity index is 1.99. The Labute approximate surface area is 135 Å². The van der Waals surface area contributed by atoms with E-state index >= 15 is 0 Å². The SMILES string of the molecule is CC(C)(CC1(C)CC(C)(C)c2ccccc21)c1ccccc1. The summed E-state index contributed by atoms with van der Waals surface area (Å²) in [4.78, 5) is 0. The van der Waals surface area contributed by atoms with Crippen LogP contribution in [0.4, 0.5) is 0 Å². The molecule has 1 aliphatic carbocycles. The van der Waals surface area contributed by atoms with E-state index in [1.807, 2.05) is 0 Å². The summed E-state index contributed by atoms with van der Waals surface area (Å²) >= 11 is 0. The Morgan fingerprint density at radius 2 is 1.36 bits per heavy atom. The molecule has 2 aromatic carbocycles. The number of hydrogen-bond donors (Lipinski definition) is 0. The van der Waals surface area contributed by atoms with Gasteiger partial charge in [0.05, 0.1) is 0 Å². The predicted octanol–water partition coefficient (Wildman–Crippen LogP) is 5.99. The van der Waals surface area contributed by atoms with Gasteiger partial charge in [-0.05, 0) is 45.8 Å². The van der Waals surface area contributed by atoms with E-state index in [4.69, 9.17) is 0 Å². The highest BCUT2D eigenvalue weighted by molar-refractivity contribution is 5.45. The van der Waals surface area contributed by atoms with Gasteiger partial charge in [-0.2, -0.15) is 0 Å². The smallest absolute Gasteiger partial charge is 0.00558 e. The summed E-state index contributed by atoms with van der Waals surface area (Å²) in [6.07, 6.45) is 2.42. The van der Waals surface area contributed by atoms with Crippen LogP contribution >= 0.6 is 0 Å². The van der Waals surface area contributed by atoms with E-state index in [2.05, 4.69) is 89.2 Å². The van der Waals surface area contributed by atoms with E-state index < -0.39 is 0 Å². The molecule has 1 unspecified atom stereocenters. The lowest BCUT2D eigenvalue weighted by Gasteiger charge is -2.37. The molecule has 0 fully saturated rings. The van der Waals surface area contributed by atoms with Crippen molar-refractivity contribution in [2.75, 3.05) is 0 Å². The molecule has 0 heterocycles. The van der Waals surface area contributed by atoms with Crippen LogP contribution in [0.3, 0.4) is 0 Å². The van der Waals surface area contributed by atoms with Gasteiger partial charge in [-0.25, -0.2) is 0 Å². The summed E-state index contributed by atoms with van der Waals surface area (Å²) in [5, 5.41) is 0. The van der Waals surface area contributed by atoms with Crippen molar-refractivity contribution in [2.24, 2.45) is 0 Å². The summed E-state index contributed by atoms with van der Waals surface area (Å²) in [6, 6.07) is 20.0. The first-order chi connectivity index (χ1) is 10.2. The molecule has 2 aromatic rings. The van der Waals surface area contributed by atoms with Crippen molar-refractivity contribution in [3.05, 3.63) is 71.3 Å². The summed E-state index contributed by atoms with van der Waals surface area (Å²) in [5.74, 6) is 0. The van der Waals surface area contributed by atoms with Gasteiger partial charge in [0.1, 0.15) is 0 Å². The van der Waals surface area contributed by atoms with Crippen molar-refractivity contribution in [2.45, 2.75) is 63.7 Å². The third kappa shape index (κ3) is 2.49. The van der Waals surface area contributed by atoms with Crippen LogP contribution in [0.15, 0.2) is 54.6 Å². The maximum Gasteiger partial charge on any atom is -0.00558 e. The second-order valence-corrected chi connectivity index (χ2v) is 8.59.